The van der Waals surface area contributed by atoms with Crippen LogP contribution in [-0.2, 0) is 28.9 Å². The summed E-state index contributed by atoms with van der Waals surface area (Å²) in [5.41, 5.74) is 0.830. The van der Waals surface area contributed by atoms with Crippen LogP contribution in [0.25, 0.3) is 0 Å². The highest BCUT2D eigenvalue weighted by atomic mass is 32.2. The molecule has 0 aliphatic carbocycles. The molecule has 2 aromatic rings. The molecule has 1 heterocycles. The summed E-state index contributed by atoms with van der Waals surface area (Å²) in [5.74, 6) is 0.317. The lowest BCUT2D eigenvalue weighted by Gasteiger charge is -2.14. The Morgan fingerprint density at radius 3 is 2.75 bits per heavy atom. The quantitative estimate of drug-likeness (QED) is 0.741. The first-order chi connectivity index (χ1) is 11.6. The van der Waals surface area contributed by atoms with Gasteiger partial charge in [-0.3, -0.25) is 0 Å². The average molecular weight is 350 g/mol. The van der Waals surface area contributed by atoms with E-state index in [9.17, 15) is 14.7 Å². The highest BCUT2D eigenvalue weighted by Gasteiger charge is 2.21. The number of nitrogens with one attached hydrogen (secondary N) is 1. The monoisotopic (exact) mass is 350 g/mol. The Bertz CT molecular complexity index is 677. The molecule has 0 spiro atoms. The van der Waals surface area contributed by atoms with Gasteiger partial charge in [0.15, 0.2) is 0 Å². The molecule has 1 unspecified atom stereocenters. The molecule has 0 bridgehead atoms. The summed E-state index contributed by atoms with van der Waals surface area (Å²) >= 11 is 1.34. The summed E-state index contributed by atoms with van der Waals surface area (Å²) in [5, 5.41) is 19.2. The van der Waals surface area contributed by atoms with Crippen LogP contribution in [0.2, 0.25) is 0 Å². The Balaban J connectivity index is 1.76. The number of aryl methyl sites for hydroxylation is 1. The average Bonchev–Trinajstić information content (AvgIpc) is 2.98. The van der Waals surface area contributed by atoms with Gasteiger partial charge < -0.3 is 19.7 Å². The van der Waals surface area contributed by atoms with Crippen molar-refractivity contribution in [3.8, 4) is 0 Å². The minimum absolute atomic E-state index is 0.0884. The van der Waals surface area contributed by atoms with Gasteiger partial charge in [0.05, 0.1) is 5.75 Å². The van der Waals surface area contributed by atoms with E-state index in [-0.39, 0.29) is 12.4 Å². The Labute approximate surface area is 143 Å². The Morgan fingerprint density at radius 1 is 1.38 bits per heavy atom. The van der Waals surface area contributed by atoms with Crippen LogP contribution in [-0.4, -0.2) is 43.7 Å². The first kappa shape index (κ1) is 17.8. The Morgan fingerprint density at radius 2 is 2.12 bits per heavy atom. The molecule has 2 N–H and O–H groups in total. The minimum Gasteiger partial charge on any atom is -0.480 e. The number of amides is 1. The van der Waals surface area contributed by atoms with Crippen molar-refractivity contribution in [2.45, 2.75) is 18.4 Å². The summed E-state index contributed by atoms with van der Waals surface area (Å²) in [6.45, 7) is 0.0884. The van der Waals surface area contributed by atoms with Crippen LogP contribution in [0.3, 0.4) is 0 Å². The number of alkyl carbamates (subject to hydrolysis) is 1. The van der Waals surface area contributed by atoms with Crippen molar-refractivity contribution in [1.82, 2.24) is 20.1 Å². The zero-order chi connectivity index (χ0) is 17.4. The number of carbonyl (C=O) groups is 2. The summed E-state index contributed by atoms with van der Waals surface area (Å²) in [7, 11) is 1.81. The number of carbonyl (C=O) groups excluding carboxylic acids is 1. The van der Waals surface area contributed by atoms with Crippen LogP contribution < -0.4 is 5.32 Å². The maximum Gasteiger partial charge on any atom is 0.408 e. The van der Waals surface area contributed by atoms with Gasteiger partial charge in [0.1, 0.15) is 24.8 Å². The predicted molar refractivity (Wildman–Crippen MR) is 88.4 cm³/mol. The third-order valence-electron chi connectivity index (χ3n) is 3.12. The van der Waals surface area contributed by atoms with Crippen molar-refractivity contribution in [2.24, 2.45) is 7.05 Å². The second-order valence-corrected chi connectivity index (χ2v) is 6.00. The molecular formula is C15H18N4O4S. The largest absolute Gasteiger partial charge is 0.480 e. The number of thioether (sulfide) groups is 1. The number of benzene rings is 1. The third-order valence-corrected chi connectivity index (χ3v) is 4.16. The van der Waals surface area contributed by atoms with Crippen LogP contribution in [0.15, 0.2) is 36.7 Å². The maximum absolute atomic E-state index is 11.7. The van der Waals surface area contributed by atoms with Crippen LogP contribution in [0, 0.1) is 0 Å². The van der Waals surface area contributed by atoms with E-state index < -0.39 is 18.1 Å². The van der Waals surface area contributed by atoms with Gasteiger partial charge in [0.2, 0.25) is 0 Å². The number of hydrogen-bond acceptors (Lipinski definition) is 6. The van der Waals surface area contributed by atoms with Gasteiger partial charge in [0, 0.05) is 12.8 Å². The normalized spacial score (nSPS) is 11.7. The zero-order valence-electron chi connectivity index (χ0n) is 13.1. The van der Waals surface area contributed by atoms with Crippen molar-refractivity contribution in [3.63, 3.8) is 0 Å². The molecule has 0 aliphatic heterocycles. The number of carboxylic acid groups (broad SMARTS) is 1. The molecule has 0 saturated carbocycles. The molecule has 1 aromatic carbocycles. The van der Waals surface area contributed by atoms with Crippen molar-refractivity contribution in [2.75, 3.05) is 5.75 Å². The fourth-order valence-corrected chi connectivity index (χ4v) is 2.81. The van der Waals surface area contributed by atoms with Crippen molar-refractivity contribution < 1.29 is 19.4 Å². The van der Waals surface area contributed by atoms with Gasteiger partial charge in [-0.25, -0.2) is 9.59 Å². The van der Waals surface area contributed by atoms with E-state index in [0.717, 1.165) is 11.4 Å². The van der Waals surface area contributed by atoms with Gasteiger partial charge in [-0.2, -0.15) is 11.8 Å². The molecule has 1 aromatic heterocycles. The first-order valence-corrected chi connectivity index (χ1v) is 8.32. The smallest absolute Gasteiger partial charge is 0.408 e. The first-order valence-electron chi connectivity index (χ1n) is 7.17. The van der Waals surface area contributed by atoms with E-state index in [0.29, 0.717) is 5.75 Å². The second-order valence-electron chi connectivity index (χ2n) is 4.97. The van der Waals surface area contributed by atoms with Gasteiger partial charge in [-0.05, 0) is 5.56 Å². The molecular weight excluding hydrogens is 332 g/mol. The molecule has 8 nitrogen and oxygen atoms in total. The van der Waals surface area contributed by atoms with E-state index >= 15 is 0 Å². The van der Waals surface area contributed by atoms with Crippen LogP contribution in [0.5, 0.6) is 0 Å². The lowest BCUT2D eigenvalue weighted by Crippen LogP contribution is -2.42. The molecule has 9 heteroatoms. The number of hydrogen-bond donors (Lipinski definition) is 2. The number of aromatic nitrogens is 3. The number of carboxylic acids is 1. The molecule has 2 rings (SSSR count). The van der Waals surface area contributed by atoms with Crippen molar-refractivity contribution in [3.05, 3.63) is 48.0 Å². The highest BCUT2D eigenvalue weighted by molar-refractivity contribution is 7.98. The fraction of sp³-hybridized carbons (Fsp3) is 0.333. The standard InChI is InChI=1S/C15H18N4O4S/c1-19-10-16-18-13(19)9-24-8-12(14(20)21)17-15(22)23-7-11-5-3-2-4-6-11/h2-6,10,12H,7-9H2,1H3,(H,17,22)(H,20,21). The molecule has 24 heavy (non-hydrogen) atoms. The topological polar surface area (TPSA) is 106 Å². The fourth-order valence-electron chi connectivity index (χ4n) is 1.79. The maximum atomic E-state index is 11.7. The van der Waals surface area contributed by atoms with Gasteiger partial charge in [0.25, 0.3) is 0 Å². The van der Waals surface area contributed by atoms with E-state index in [1.165, 1.54) is 11.8 Å². The highest BCUT2D eigenvalue weighted by Crippen LogP contribution is 2.11. The number of nitrogens with zero attached hydrogens (tertiary/aromatic N) is 3. The van der Waals surface area contributed by atoms with Gasteiger partial charge in [-0.1, -0.05) is 30.3 Å². The molecule has 0 radical (unpaired) electrons. The van der Waals surface area contributed by atoms with Crippen molar-refractivity contribution in [1.29, 1.82) is 0 Å². The lowest BCUT2D eigenvalue weighted by atomic mass is 10.2. The zero-order valence-corrected chi connectivity index (χ0v) is 13.9. The molecule has 128 valence electrons. The Hall–Kier alpha value is -2.55. The minimum atomic E-state index is -1.11. The lowest BCUT2D eigenvalue weighted by molar-refractivity contribution is -0.138. The van der Waals surface area contributed by atoms with E-state index in [1.54, 1.807) is 10.9 Å². The molecule has 0 aliphatic rings. The van der Waals surface area contributed by atoms with E-state index in [2.05, 4.69) is 15.5 Å². The molecule has 0 saturated heterocycles. The second kappa shape index (κ2) is 8.92. The Kier molecular flexibility index (Phi) is 6.62. The number of aliphatic carboxylic acids is 1. The molecule has 1 atom stereocenters. The van der Waals surface area contributed by atoms with Crippen LogP contribution in [0.4, 0.5) is 4.79 Å². The van der Waals surface area contributed by atoms with Crippen molar-refractivity contribution >= 4 is 23.8 Å². The summed E-state index contributed by atoms with van der Waals surface area (Å²) in [6.07, 6.45) is 0.814. The number of ether oxygens (including phenoxy) is 1. The SMILES string of the molecule is Cn1cnnc1CSCC(NC(=O)OCc1ccccc1)C(=O)O. The van der Waals surface area contributed by atoms with Crippen LogP contribution >= 0.6 is 11.8 Å². The molecule has 1 amide bonds. The molecule has 0 fully saturated rings. The van der Waals surface area contributed by atoms with Gasteiger partial charge in [-0.15, -0.1) is 10.2 Å². The van der Waals surface area contributed by atoms with Gasteiger partial charge >= 0.3 is 12.1 Å². The van der Waals surface area contributed by atoms with E-state index in [1.807, 2.05) is 37.4 Å². The summed E-state index contributed by atoms with van der Waals surface area (Å²) < 4.78 is 6.79. The van der Waals surface area contributed by atoms with Crippen LogP contribution in [0.1, 0.15) is 11.4 Å². The summed E-state index contributed by atoms with van der Waals surface area (Å²) in [6, 6.07) is 8.13. The summed E-state index contributed by atoms with van der Waals surface area (Å²) in [4.78, 5) is 23.0. The number of rotatable bonds is 8. The third kappa shape index (κ3) is 5.58. The van der Waals surface area contributed by atoms with E-state index in [4.69, 9.17) is 4.74 Å². The predicted octanol–water partition coefficient (Wildman–Crippen LogP) is 1.43.